The van der Waals surface area contributed by atoms with Crippen LogP contribution in [0.4, 0.5) is 0 Å². The highest BCUT2D eigenvalue weighted by atomic mass is 32.2. The normalized spacial score (nSPS) is 13.7. The van der Waals surface area contributed by atoms with Gasteiger partial charge in [0.05, 0.1) is 21.3 Å². The lowest BCUT2D eigenvalue weighted by Gasteiger charge is -2.28. The molecule has 3 rings (SSSR count). The predicted octanol–water partition coefficient (Wildman–Crippen LogP) is 3.60. The van der Waals surface area contributed by atoms with Gasteiger partial charge in [-0.1, -0.05) is 17.8 Å². The van der Waals surface area contributed by atoms with Crippen LogP contribution in [0.5, 0.6) is 17.2 Å². The first-order valence-electron chi connectivity index (χ1n) is 8.85. The largest absolute Gasteiger partial charge is 0.493 e. The van der Waals surface area contributed by atoms with E-state index in [2.05, 4.69) is 16.0 Å². The lowest BCUT2D eigenvalue weighted by Crippen LogP contribution is -2.30. The highest BCUT2D eigenvalue weighted by Gasteiger charge is 2.19. The van der Waals surface area contributed by atoms with Crippen molar-refractivity contribution in [3.8, 4) is 17.2 Å². The van der Waals surface area contributed by atoms with Crippen molar-refractivity contribution in [2.45, 2.75) is 19.5 Å². The molecule has 0 fully saturated rings. The Bertz CT molecular complexity index is 758. The van der Waals surface area contributed by atoms with E-state index >= 15 is 0 Å². The molecule has 1 aliphatic rings. The molecule has 1 aliphatic heterocycles. The number of hydrogen-bond donors (Lipinski definition) is 0. The number of thioether (sulfide) groups is 1. The van der Waals surface area contributed by atoms with Gasteiger partial charge in [-0.15, -0.1) is 0 Å². The molecule has 0 aliphatic carbocycles. The van der Waals surface area contributed by atoms with Crippen LogP contribution in [0.1, 0.15) is 17.5 Å². The Morgan fingerprint density at radius 1 is 1.04 bits per heavy atom. The van der Waals surface area contributed by atoms with Crippen LogP contribution in [-0.4, -0.2) is 48.7 Å². The fourth-order valence-electron chi connectivity index (χ4n) is 2.99. The molecular formula is C20H25N3O3S. The summed E-state index contributed by atoms with van der Waals surface area (Å²) in [4.78, 5) is 11.3. The molecule has 6 nitrogen and oxygen atoms in total. The number of methoxy groups -OCH3 is 3. The fourth-order valence-corrected chi connectivity index (χ4v) is 3.94. The molecule has 1 aromatic carbocycles. The topological polar surface area (TPSA) is 56.2 Å². The highest BCUT2D eigenvalue weighted by Crippen LogP contribution is 2.38. The van der Waals surface area contributed by atoms with Crippen LogP contribution in [-0.2, 0) is 13.1 Å². The van der Waals surface area contributed by atoms with Crippen molar-refractivity contribution in [1.82, 2.24) is 9.88 Å². The van der Waals surface area contributed by atoms with Crippen LogP contribution in [0, 0.1) is 0 Å². The third kappa shape index (κ3) is 4.86. The van der Waals surface area contributed by atoms with Crippen LogP contribution in [0.25, 0.3) is 0 Å². The van der Waals surface area contributed by atoms with Crippen molar-refractivity contribution in [1.29, 1.82) is 0 Å². The Morgan fingerprint density at radius 2 is 1.78 bits per heavy atom. The quantitative estimate of drug-likeness (QED) is 0.724. The molecule has 0 unspecified atom stereocenters. The average Bonchev–Trinajstić information content (AvgIpc) is 2.73. The van der Waals surface area contributed by atoms with Crippen molar-refractivity contribution in [2.24, 2.45) is 4.99 Å². The number of benzene rings is 1. The van der Waals surface area contributed by atoms with Crippen molar-refractivity contribution in [2.75, 3.05) is 33.6 Å². The van der Waals surface area contributed by atoms with Crippen molar-refractivity contribution >= 4 is 16.9 Å². The summed E-state index contributed by atoms with van der Waals surface area (Å²) in [5.41, 5.74) is 2.22. The molecule has 144 valence electrons. The maximum absolute atomic E-state index is 5.50. The number of nitrogens with zero attached hydrogens (tertiary/aromatic N) is 3. The molecule has 2 heterocycles. The van der Waals surface area contributed by atoms with E-state index in [1.54, 1.807) is 39.3 Å². The summed E-state index contributed by atoms with van der Waals surface area (Å²) < 4.78 is 16.4. The van der Waals surface area contributed by atoms with Gasteiger partial charge in [0.1, 0.15) is 0 Å². The maximum atomic E-state index is 5.50. The van der Waals surface area contributed by atoms with Gasteiger partial charge in [-0.05, 0) is 35.7 Å². The SMILES string of the molecule is COc1cc(CN(Cc2cccnc2)C2=NCCCS2)cc(OC)c1OC. The van der Waals surface area contributed by atoms with E-state index in [4.69, 9.17) is 19.2 Å². The van der Waals surface area contributed by atoms with Gasteiger partial charge in [-0.2, -0.15) is 0 Å². The number of aliphatic imine (C=N–C) groups is 1. The summed E-state index contributed by atoms with van der Waals surface area (Å²) in [5.74, 6) is 3.02. The molecule has 2 aromatic rings. The standard InChI is InChI=1S/C20H25N3O3S/c1-24-17-10-16(11-18(25-2)19(17)26-3)14-23(20-22-8-5-9-27-20)13-15-6-4-7-21-12-15/h4,6-7,10-12H,5,8-9,13-14H2,1-3H3. The zero-order valence-electron chi connectivity index (χ0n) is 16.0. The van der Waals surface area contributed by atoms with Gasteiger partial charge >= 0.3 is 0 Å². The second kappa shape index (κ2) is 9.50. The number of rotatable bonds is 7. The lowest BCUT2D eigenvalue weighted by atomic mass is 10.1. The van der Waals surface area contributed by atoms with E-state index in [-0.39, 0.29) is 0 Å². The van der Waals surface area contributed by atoms with Crippen molar-refractivity contribution in [3.63, 3.8) is 0 Å². The summed E-state index contributed by atoms with van der Waals surface area (Å²) in [7, 11) is 4.88. The molecular weight excluding hydrogens is 362 g/mol. The van der Waals surface area contributed by atoms with Crippen molar-refractivity contribution in [3.05, 3.63) is 47.8 Å². The van der Waals surface area contributed by atoms with E-state index in [0.717, 1.165) is 41.6 Å². The molecule has 0 radical (unpaired) electrons. The summed E-state index contributed by atoms with van der Waals surface area (Å²) in [5, 5.41) is 1.07. The molecule has 1 aromatic heterocycles. The lowest BCUT2D eigenvalue weighted by molar-refractivity contribution is 0.322. The highest BCUT2D eigenvalue weighted by molar-refractivity contribution is 8.13. The molecule has 0 bridgehead atoms. The first-order valence-corrected chi connectivity index (χ1v) is 9.83. The predicted molar refractivity (Wildman–Crippen MR) is 109 cm³/mol. The second-order valence-corrected chi connectivity index (χ2v) is 7.18. The van der Waals surface area contributed by atoms with Gasteiger partial charge < -0.3 is 19.1 Å². The maximum Gasteiger partial charge on any atom is 0.203 e. The Hall–Kier alpha value is -2.41. The number of aromatic nitrogens is 1. The summed E-state index contributed by atoms with van der Waals surface area (Å²) in [6.07, 6.45) is 4.81. The molecule has 0 spiro atoms. The van der Waals surface area contributed by atoms with Crippen LogP contribution in [0.2, 0.25) is 0 Å². The van der Waals surface area contributed by atoms with Gasteiger partial charge in [0.15, 0.2) is 16.7 Å². The van der Waals surface area contributed by atoms with Gasteiger partial charge in [0.2, 0.25) is 5.75 Å². The first-order chi connectivity index (χ1) is 13.2. The average molecular weight is 388 g/mol. The van der Waals surface area contributed by atoms with Crippen LogP contribution in [0.15, 0.2) is 41.7 Å². The van der Waals surface area contributed by atoms with Gasteiger partial charge in [0.25, 0.3) is 0 Å². The van der Waals surface area contributed by atoms with Gasteiger partial charge in [-0.25, -0.2) is 0 Å². The Balaban J connectivity index is 1.90. The second-order valence-electron chi connectivity index (χ2n) is 6.12. The van der Waals surface area contributed by atoms with E-state index in [1.165, 1.54) is 0 Å². The molecule has 0 saturated heterocycles. The molecule has 0 atom stereocenters. The number of hydrogen-bond acceptors (Lipinski definition) is 7. The Labute approximate surface area is 164 Å². The van der Waals surface area contributed by atoms with E-state index < -0.39 is 0 Å². The molecule has 0 amide bonds. The van der Waals surface area contributed by atoms with Crippen LogP contribution < -0.4 is 14.2 Å². The molecule has 7 heteroatoms. The summed E-state index contributed by atoms with van der Waals surface area (Å²) >= 11 is 1.81. The van der Waals surface area contributed by atoms with Gasteiger partial charge in [-0.3, -0.25) is 9.98 Å². The zero-order chi connectivity index (χ0) is 19.1. The summed E-state index contributed by atoms with van der Waals surface area (Å²) in [6.45, 7) is 2.31. The number of amidine groups is 1. The Morgan fingerprint density at radius 3 is 2.33 bits per heavy atom. The fraction of sp³-hybridized carbons (Fsp3) is 0.400. The molecule has 0 N–H and O–H groups in total. The van der Waals surface area contributed by atoms with Crippen LogP contribution >= 0.6 is 11.8 Å². The Kier molecular flexibility index (Phi) is 6.81. The number of ether oxygens (including phenoxy) is 3. The minimum absolute atomic E-state index is 0.604. The molecule has 0 saturated carbocycles. The van der Waals surface area contributed by atoms with Crippen LogP contribution in [0.3, 0.4) is 0 Å². The monoisotopic (exact) mass is 387 g/mol. The number of pyridine rings is 1. The third-order valence-electron chi connectivity index (χ3n) is 4.25. The minimum Gasteiger partial charge on any atom is -0.493 e. The minimum atomic E-state index is 0.604. The van der Waals surface area contributed by atoms with E-state index in [9.17, 15) is 0 Å². The van der Waals surface area contributed by atoms with Gasteiger partial charge in [0, 0.05) is 37.8 Å². The van der Waals surface area contributed by atoms with Crippen molar-refractivity contribution < 1.29 is 14.2 Å². The smallest absolute Gasteiger partial charge is 0.203 e. The third-order valence-corrected chi connectivity index (χ3v) is 5.38. The summed E-state index contributed by atoms with van der Waals surface area (Å²) in [6, 6.07) is 8.03. The van der Waals surface area contributed by atoms with E-state index in [0.29, 0.717) is 23.8 Å². The first kappa shape index (κ1) is 19.4. The molecule has 27 heavy (non-hydrogen) atoms. The van der Waals surface area contributed by atoms with E-state index in [1.807, 2.05) is 24.4 Å². The zero-order valence-corrected chi connectivity index (χ0v) is 16.8.